The van der Waals surface area contributed by atoms with Gasteiger partial charge < -0.3 is 5.11 Å². The van der Waals surface area contributed by atoms with Gasteiger partial charge in [0.15, 0.2) is 5.78 Å². The highest BCUT2D eigenvalue weighted by Crippen LogP contribution is 2.63. The number of aliphatic hydroxyl groups is 1. The fraction of sp³-hybridized carbons (Fsp3) is 0.737. The molecular weight excluding hydrogens is 260 g/mol. The number of aliphatic hydroxyl groups excluding tert-OH is 1. The number of allylic oxidation sites excluding steroid dienone is 4. The third-order valence-corrected chi connectivity index (χ3v) is 7.47. The molecule has 21 heavy (non-hydrogen) atoms. The normalized spacial score (nSPS) is 52.0. The number of ketones is 1. The summed E-state index contributed by atoms with van der Waals surface area (Å²) in [6.07, 6.45) is 12.6. The van der Waals surface area contributed by atoms with E-state index >= 15 is 0 Å². The zero-order chi connectivity index (χ0) is 14.8. The third-order valence-electron chi connectivity index (χ3n) is 7.47. The van der Waals surface area contributed by atoms with Gasteiger partial charge in [-0.15, -0.1) is 0 Å². The van der Waals surface area contributed by atoms with E-state index in [1.165, 1.54) is 12.0 Å². The van der Waals surface area contributed by atoms with Crippen LogP contribution in [0.15, 0.2) is 23.8 Å². The van der Waals surface area contributed by atoms with Gasteiger partial charge in [-0.3, -0.25) is 4.79 Å². The summed E-state index contributed by atoms with van der Waals surface area (Å²) in [7, 11) is 0. The van der Waals surface area contributed by atoms with Gasteiger partial charge in [0.25, 0.3) is 0 Å². The van der Waals surface area contributed by atoms with Crippen LogP contribution in [0, 0.1) is 28.6 Å². The van der Waals surface area contributed by atoms with Crippen LogP contribution in [0.2, 0.25) is 0 Å². The quantitative estimate of drug-likeness (QED) is 0.738. The molecule has 0 aromatic rings. The average molecular weight is 286 g/mol. The van der Waals surface area contributed by atoms with Gasteiger partial charge in [0, 0.05) is 6.42 Å². The lowest BCUT2D eigenvalue weighted by molar-refractivity contribution is -0.116. The molecule has 1 N–H and O–H groups in total. The van der Waals surface area contributed by atoms with Crippen molar-refractivity contribution in [1.82, 2.24) is 0 Å². The van der Waals surface area contributed by atoms with Crippen LogP contribution >= 0.6 is 0 Å². The molecule has 0 radical (unpaired) electrons. The summed E-state index contributed by atoms with van der Waals surface area (Å²) in [4.78, 5) is 11.8. The van der Waals surface area contributed by atoms with E-state index in [4.69, 9.17) is 0 Å². The van der Waals surface area contributed by atoms with Crippen LogP contribution in [0.25, 0.3) is 0 Å². The number of hydrogen-bond acceptors (Lipinski definition) is 2. The summed E-state index contributed by atoms with van der Waals surface area (Å²) in [5.41, 5.74) is 1.57. The molecule has 0 aromatic heterocycles. The van der Waals surface area contributed by atoms with Crippen molar-refractivity contribution in [1.29, 1.82) is 0 Å². The van der Waals surface area contributed by atoms with E-state index in [-0.39, 0.29) is 16.9 Å². The van der Waals surface area contributed by atoms with Gasteiger partial charge in [0.1, 0.15) is 0 Å². The molecule has 0 saturated heterocycles. The third kappa shape index (κ3) is 1.72. The second-order valence-electron chi connectivity index (χ2n) is 8.27. The first-order valence-electron chi connectivity index (χ1n) is 8.56. The number of carbonyl (C=O) groups is 1. The smallest absolute Gasteiger partial charge is 0.156 e. The van der Waals surface area contributed by atoms with Crippen LogP contribution in [0.3, 0.4) is 0 Å². The van der Waals surface area contributed by atoms with Gasteiger partial charge in [-0.25, -0.2) is 0 Å². The van der Waals surface area contributed by atoms with Crippen molar-refractivity contribution in [2.24, 2.45) is 28.6 Å². The number of hydrogen-bond donors (Lipinski definition) is 1. The maximum absolute atomic E-state index is 11.8. The summed E-state index contributed by atoms with van der Waals surface area (Å²) >= 11 is 0. The SMILES string of the molecule is C[C@]12CC[C@H]3[C@@H](C=CC4=CC(=O)CC[C@@]43C)[C@@H]1CC[C@H]2O. The largest absolute Gasteiger partial charge is 0.393 e. The Morgan fingerprint density at radius 1 is 1.14 bits per heavy atom. The molecule has 0 aromatic carbocycles. The predicted octanol–water partition coefficient (Wildman–Crippen LogP) is 3.66. The molecule has 4 aliphatic rings. The minimum Gasteiger partial charge on any atom is -0.393 e. The van der Waals surface area contributed by atoms with Gasteiger partial charge >= 0.3 is 0 Å². The topological polar surface area (TPSA) is 37.3 Å². The molecule has 2 fully saturated rings. The van der Waals surface area contributed by atoms with Crippen LogP contribution < -0.4 is 0 Å². The monoisotopic (exact) mass is 286 g/mol. The fourth-order valence-corrected chi connectivity index (χ4v) is 5.97. The van der Waals surface area contributed by atoms with Gasteiger partial charge in [0.05, 0.1) is 6.10 Å². The molecule has 0 bridgehead atoms. The van der Waals surface area contributed by atoms with Crippen molar-refractivity contribution in [3.63, 3.8) is 0 Å². The van der Waals surface area contributed by atoms with Gasteiger partial charge in [-0.1, -0.05) is 26.0 Å². The second-order valence-corrected chi connectivity index (χ2v) is 8.27. The van der Waals surface area contributed by atoms with Gasteiger partial charge in [-0.2, -0.15) is 0 Å². The lowest BCUT2D eigenvalue weighted by Gasteiger charge is -2.55. The van der Waals surface area contributed by atoms with Crippen molar-refractivity contribution < 1.29 is 9.90 Å². The van der Waals surface area contributed by atoms with Crippen LogP contribution in [-0.2, 0) is 4.79 Å². The lowest BCUT2D eigenvalue weighted by atomic mass is 9.49. The van der Waals surface area contributed by atoms with E-state index < -0.39 is 0 Å². The Hall–Kier alpha value is -0.890. The van der Waals surface area contributed by atoms with Crippen LogP contribution in [0.1, 0.15) is 52.4 Å². The van der Waals surface area contributed by atoms with Gasteiger partial charge in [-0.05, 0) is 72.3 Å². The van der Waals surface area contributed by atoms with Gasteiger partial charge in [0.2, 0.25) is 0 Å². The van der Waals surface area contributed by atoms with E-state index in [9.17, 15) is 9.90 Å². The Bertz CT molecular complexity index is 546. The second kappa shape index (κ2) is 4.32. The minimum atomic E-state index is -0.116. The Labute approximate surface area is 127 Å². The van der Waals surface area contributed by atoms with Crippen LogP contribution in [0.4, 0.5) is 0 Å². The van der Waals surface area contributed by atoms with Crippen molar-refractivity contribution >= 4 is 5.78 Å². The van der Waals surface area contributed by atoms with Crippen LogP contribution in [-0.4, -0.2) is 17.0 Å². The predicted molar refractivity (Wildman–Crippen MR) is 82.6 cm³/mol. The molecule has 0 heterocycles. The molecule has 0 unspecified atom stereocenters. The van der Waals surface area contributed by atoms with Crippen molar-refractivity contribution in [2.45, 2.75) is 58.5 Å². The molecule has 0 aliphatic heterocycles. The molecule has 114 valence electrons. The Morgan fingerprint density at radius 3 is 2.76 bits per heavy atom. The highest BCUT2D eigenvalue weighted by atomic mass is 16.3. The fourth-order valence-electron chi connectivity index (χ4n) is 5.97. The molecule has 6 atom stereocenters. The highest BCUT2D eigenvalue weighted by molar-refractivity contribution is 5.92. The molecule has 4 aliphatic carbocycles. The summed E-state index contributed by atoms with van der Waals surface area (Å²) < 4.78 is 0. The molecule has 2 heteroatoms. The standard InChI is InChI=1S/C19H26O2/c1-18-9-7-13(20)11-12(18)3-4-14-15-5-6-17(21)19(15,2)10-8-16(14)18/h3-4,11,14-17,21H,5-10H2,1-2H3/t14-,15-,16-,17+,18-,19-/m0/s1. The highest BCUT2D eigenvalue weighted by Gasteiger charge is 2.57. The van der Waals surface area contributed by atoms with Crippen molar-refractivity contribution in [3.05, 3.63) is 23.8 Å². The number of fused-ring (bicyclic) bond motifs is 5. The first-order chi connectivity index (χ1) is 9.95. The molecule has 0 amide bonds. The zero-order valence-corrected chi connectivity index (χ0v) is 13.1. The Kier molecular flexibility index (Phi) is 2.83. The van der Waals surface area contributed by atoms with E-state index in [2.05, 4.69) is 26.0 Å². The van der Waals surface area contributed by atoms with Crippen LogP contribution in [0.5, 0.6) is 0 Å². The van der Waals surface area contributed by atoms with Crippen molar-refractivity contribution in [3.8, 4) is 0 Å². The molecule has 2 nitrogen and oxygen atoms in total. The Morgan fingerprint density at radius 2 is 1.95 bits per heavy atom. The molecular formula is C19H26O2. The molecule has 4 rings (SSSR count). The zero-order valence-electron chi connectivity index (χ0n) is 13.1. The first kappa shape index (κ1) is 13.8. The summed E-state index contributed by atoms with van der Waals surface area (Å²) in [6, 6.07) is 0. The Balaban J connectivity index is 1.75. The maximum Gasteiger partial charge on any atom is 0.156 e. The van der Waals surface area contributed by atoms with E-state index in [0.717, 1.165) is 25.7 Å². The van der Waals surface area contributed by atoms with E-state index in [1.807, 2.05) is 6.08 Å². The lowest BCUT2D eigenvalue weighted by Crippen LogP contribution is -2.49. The average Bonchev–Trinajstić information content (AvgIpc) is 2.76. The van der Waals surface area contributed by atoms with E-state index in [1.54, 1.807) is 0 Å². The summed E-state index contributed by atoms with van der Waals surface area (Å²) in [5, 5.41) is 10.4. The van der Waals surface area contributed by atoms with E-state index in [0.29, 0.717) is 30.0 Å². The maximum atomic E-state index is 11.8. The molecule has 2 saturated carbocycles. The first-order valence-corrected chi connectivity index (χ1v) is 8.56. The summed E-state index contributed by atoms with van der Waals surface area (Å²) in [6.45, 7) is 4.68. The molecule has 0 spiro atoms. The number of rotatable bonds is 0. The van der Waals surface area contributed by atoms with Crippen molar-refractivity contribution in [2.75, 3.05) is 0 Å². The summed E-state index contributed by atoms with van der Waals surface area (Å²) in [5.74, 6) is 2.17. The number of carbonyl (C=O) groups excluding carboxylic acids is 1. The minimum absolute atomic E-state index is 0.116.